The lowest BCUT2D eigenvalue weighted by atomic mass is 9.81. The predicted molar refractivity (Wildman–Crippen MR) is 122 cm³/mol. The first kappa shape index (κ1) is 25.1. The summed E-state index contributed by atoms with van der Waals surface area (Å²) in [6.45, 7) is 3.95. The van der Waals surface area contributed by atoms with Crippen LogP contribution in [0, 0.1) is 18.8 Å². The summed E-state index contributed by atoms with van der Waals surface area (Å²) >= 11 is 0. The molecule has 2 aromatic carbocycles. The van der Waals surface area contributed by atoms with Crippen molar-refractivity contribution in [1.29, 1.82) is 0 Å². The van der Waals surface area contributed by atoms with E-state index >= 15 is 0 Å². The molecule has 1 aliphatic rings. The standard InChI is InChI=1S/C24H26F3N3O2.ClH/c1-15-2-7-20-21(10-15)29-22(28-20)11-18-14-30(9-8-17(18)12-23(31)32)13-16-3-5-19(6-4-16)24(25,26)27;/h2-7,10,17-18H,8-9,11-14H2,1H3,(H,28,29)(H,31,32);1H/t17-,18-;/m0./s1. The smallest absolute Gasteiger partial charge is 0.416 e. The van der Waals surface area contributed by atoms with Gasteiger partial charge in [0.05, 0.1) is 16.6 Å². The Labute approximate surface area is 196 Å². The number of benzene rings is 2. The van der Waals surface area contributed by atoms with Gasteiger partial charge >= 0.3 is 12.1 Å². The van der Waals surface area contributed by atoms with Crippen molar-refractivity contribution in [2.45, 2.75) is 38.9 Å². The zero-order valence-corrected chi connectivity index (χ0v) is 19.0. The molecule has 4 rings (SSSR count). The molecule has 2 N–H and O–H groups in total. The predicted octanol–water partition coefficient (Wildman–Crippen LogP) is 5.47. The van der Waals surface area contributed by atoms with Gasteiger partial charge in [0.15, 0.2) is 0 Å². The summed E-state index contributed by atoms with van der Waals surface area (Å²) in [5.74, 6) is 0.154. The minimum absolute atomic E-state index is 0. The molecule has 0 spiro atoms. The van der Waals surface area contributed by atoms with Crippen molar-refractivity contribution < 1.29 is 23.1 Å². The maximum atomic E-state index is 12.8. The van der Waals surface area contributed by atoms with Crippen LogP contribution >= 0.6 is 12.4 Å². The van der Waals surface area contributed by atoms with Crippen molar-refractivity contribution >= 4 is 29.4 Å². The first-order valence-electron chi connectivity index (χ1n) is 10.7. The number of aryl methyl sites for hydroxylation is 1. The van der Waals surface area contributed by atoms with Gasteiger partial charge < -0.3 is 10.1 Å². The molecule has 1 aliphatic heterocycles. The van der Waals surface area contributed by atoms with E-state index in [1.807, 2.05) is 25.1 Å². The molecular weight excluding hydrogens is 455 g/mol. The van der Waals surface area contributed by atoms with Crippen LogP contribution in [0.2, 0.25) is 0 Å². The quantitative estimate of drug-likeness (QED) is 0.490. The third-order valence-corrected chi connectivity index (χ3v) is 6.24. The number of carboxylic acids is 1. The van der Waals surface area contributed by atoms with E-state index in [9.17, 15) is 23.1 Å². The summed E-state index contributed by atoms with van der Waals surface area (Å²) in [5.41, 5.74) is 3.15. The number of fused-ring (bicyclic) bond motifs is 1. The molecule has 178 valence electrons. The van der Waals surface area contributed by atoms with E-state index in [4.69, 9.17) is 0 Å². The molecule has 1 saturated heterocycles. The number of aromatic nitrogens is 2. The summed E-state index contributed by atoms with van der Waals surface area (Å²) in [5, 5.41) is 9.36. The van der Waals surface area contributed by atoms with Gasteiger partial charge in [-0.15, -0.1) is 12.4 Å². The Morgan fingerprint density at radius 1 is 1.18 bits per heavy atom. The van der Waals surface area contributed by atoms with E-state index in [1.54, 1.807) is 0 Å². The van der Waals surface area contributed by atoms with Crippen LogP contribution in [-0.2, 0) is 23.9 Å². The molecule has 9 heteroatoms. The van der Waals surface area contributed by atoms with Crippen LogP contribution in [0.4, 0.5) is 13.2 Å². The average molecular weight is 482 g/mol. The van der Waals surface area contributed by atoms with Gasteiger partial charge in [0.25, 0.3) is 0 Å². The van der Waals surface area contributed by atoms with Gasteiger partial charge in [-0.3, -0.25) is 9.69 Å². The van der Waals surface area contributed by atoms with Gasteiger partial charge in [-0.25, -0.2) is 4.98 Å². The van der Waals surface area contributed by atoms with E-state index in [1.165, 1.54) is 12.1 Å². The summed E-state index contributed by atoms with van der Waals surface area (Å²) in [6.07, 6.45) is -2.87. The van der Waals surface area contributed by atoms with Crippen LogP contribution in [0.5, 0.6) is 0 Å². The number of alkyl halides is 3. The molecule has 0 amide bonds. The second-order valence-corrected chi connectivity index (χ2v) is 8.74. The number of carbonyl (C=O) groups is 1. The average Bonchev–Trinajstić information content (AvgIpc) is 3.10. The Balaban J connectivity index is 0.00000306. The molecule has 0 radical (unpaired) electrons. The Kier molecular flexibility index (Phi) is 7.69. The zero-order chi connectivity index (χ0) is 22.9. The molecular formula is C24H27ClF3N3O2. The Morgan fingerprint density at radius 2 is 1.91 bits per heavy atom. The number of nitrogens with one attached hydrogen (secondary N) is 1. The largest absolute Gasteiger partial charge is 0.481 e. The summed E-state index contributed by atoms with van der Waals surface area (Å²) in [6, 6.07) is 11.3. The molecule has 0 unspecified atom stereocenters. The van der Waals surface area contributed by atoms with Crippen LogP contribution in [-0.4, -0.2) is 39.0 Å². The van der Waals surface area contributed by atoms with Crippen LogP contribution in [0.25, 0.3) is 11.0 Å². The SMILES string of the molecule is Cc1ccc2nc(C[C@H]3CN(Cc4ccc(C(F)(F)F)cc4)CC[C@H]3CC(=O)O)[nH]c2c1.Cl. The van der Waals surface area contributed by atoms with E-state index in [-0.39, 0.29) is 30.7 Å². The van der Waals surface area contributed by atoms with Crippen molar-refractivity contribution in [2.75, 3.05) is 13.1 Å². The topological polar surface area (TPSA) is 69.2 Å². The first-order chi connectivity index (χ1) is 15.2. The molecule has 1 fully saturated rings. The summed E-state index contributed by atoms with van der Waals surface area (Å²) < 4.78 is 38.4. The number of aromatic amines is 1. The number of nitrogens with zero attached hydrogens (tertiary/aromatic N) is 2. The Bertz CT molecular complexity index is 1100. The highest BCUT2D eigenvalue weighted by molar-refractivity contribution is 5.85. The molecule has 0 saturated carbocycles. The number of carboxylic acid groups (broad SMARTS) is 1. The number of imidazole rings is 1. The van der Waals surface area contributed by atoms with Gasteiger partial charge in [0, 0.05) is 25.9 Å². The fraction of sp³-hybridized carbons (Fsp3) is 0.417. The molecule has 0 bridgehead atoms. The van der Waals surface area contributed by atoms with Crippen molar-refractivity contribution in [2.24, 2.45) is 11.8 Å². The number of rotatable bonds is 6. The van der Waals surface area contributed by atoms with Crippen molar-refractivity contribution in [1.82, 2.24) is 14.9 Å². The lowest BCUT2D eigenvalue weighted by molar-refractivity contribution is -0.139. The monoisotopic (exact) mass is 481 g/mol. The van der Waals surface area contributed by atoms with Crippen molar-refractivity contribution in [3.63, 3.8) is 0 Å². The minimum Gasteiger partial charge on any atom is -0.481 e. The number of halogens is 4. The van der Waals surface area contributed by atoms with Crippen molar-refractivity contribution in [3.05, 3.63) is 65.0 Å². The molecule has 1 aromatic heterocycles. The minimum atomic E-state index is -4.34. The highest BCUT2D eigenvalue weighted by atomic mass is 35.5. The van der Waals surface area contributed by atoms with Gasteiger partial charge in [-0.1, -0.05) is 18.2 Å². The van der Waals surface area contributed by atoms with E-state index in [2.05, 4.69) is 14.9 Å². The van der Waals surface area contributed by atoms with Crippen LogP contribution in [0.15, 0.2) is 42.5 Å². The number of hydrogen-bond donors (Lipinski definition) is 2. The lowest BCUT2D eigenvalue weighted by Crippen LogP contribution is -2.41. The number of likely N-dealkylation sites (tertiary alicyclic amines) is 1. The van der Waals surface area contributed by atoms with Gasteiger partial charge in [0.2, 0.25) is 0 Å². The van der Waals surface area contributed by atoms with Crippen molar-refractivity contribution in [3.8, 4) is 0 Å². The van der Waals surface area contributed by atoms with E-state index in [0.717, 1.165) is 53.1 Å². The third-order valence-electron chi connectivity index (χ3n) is 6.24. The second-order valence-electron chi connectivity index (χ2n) is 8.74. The maximum Gasteiger partial charge on any atom is 0.416 e. The molecule has 5 nitrogen and oxygen atoms in total. The molecule has 2 heterocycles. The van der Waals surface area contributed by atoms with Gasteiger partial charge in [-0.2, -0.15) is 13.2 Å². The van der Waals surface area contributed by atoms with Gasteiger partial charge in [-0.05, 0) is 67.1 Å². The number of hydrogen-bond acceptors (Lipinski definition) is 3. The lowest BCUT2D eigenvalue weighted by Gasteiger charge is -2.38. The number of H-pyrrole nitrogens is 1. The fourth-order valence-corrected chi connectivity index (χ4v) is 4.60. The Hall–Kier alpha value is -2.58. The fourth-order valence-electron chi connectivity index (χ4n) is 4.60. The van der Waals surface area contributed by atoms with Crippen LogP contribution in [0.3, 0.4) is 0 Å². The zero-order valence-electron chi connectivity index (χ0n) is 18.2. The number of aliphatic carboxylic acids is 1. The second kappa shape index (κ2) is 10.1. The molecule has 3 aromatic rings. The number of piperidine rings is 1. The Morgan fingerprint density at radius 3 is 2.58 bits per heavy atom. The van der Waals surface area contributed by atoms with E-state index < -0.39 is 17.7 Å². The normalized spacial score (nSPS) is 19.4. The molecule has 0 aliphatic carbocycles. The molecule has 33 heavy (non-hydrogen) atoms. The highest BCUT2D eigenvalue weighted by Gasteiger charge is 2.32. The van der Waals surface area contributed by atoms with Gasteiger partial charge in [0.1, 0.15) is 5.82 Å². The van der Waals surface area contributed by atoms with E-state index in [0.29, 0.717) is 19.5 Å². The third kappa shape index (κ3) is 6.26. The summed E-state index contributed by atoms with van der Waals surface area (Å²) in [4.78, 5) is 21.6. The van der Waals surface area contributed by atoms with Crippen LogP contribution in [0.1, 0.15) is 35.4 Å². The maximum absolute atomic E-state index is 12.8. The first-order valence-corrected chi connectivity index (χ1v) is 10.7. The molecule has 2 atom stereocenters. The van der Waals surface area contributed by atoms with Crippen LogP contribution < -0.4 is 0 Å². The summed E-state index contributed by atoms with van der Waals surface area (Å²) in [7, 11) is 0. The highest BCUT2D eigenvalue weighted by Crippen LogP contribution is 2.32.